The predicted molar refractivity (Wildman–Crippen MR) is 75.1 cm³/mol. The monoisotopic (exact) mass is 275 g/mol. The summed E-state index contributed by atoms with van der Waals surface area (Å²) in [4.78, 5) is 16.4. The van der Waals surface area contributed by atoms with Crippen molar-refractivity contribution in [3.05, 3.63) is 29.6 Å². The summed E-state index contributed by atoms with van der Waals surface area (Å²) in [7, 11) is 0. The van der Waals surface area contributed by atoms with Gasteiger partial charge in [0.05, 0.1) is 11.7 Å². The van der Waals surface area contributed by atoms with Crippen LogP contribution in [0, 0.1) is 12.3 Å². The molecule has 3 heterocycles. The van der Waals surface area contributed by atoms with Crippen LogP contribution in [0.2, 0.25) is 0 Å². The summed E-state index contributed by atoms with van der Waals surface area (Å²) in [6.07, 6.45) is 3.68. The molecule has 1 atom stereocenters. The molecule has 2 aliphatic rings. The van der Waals surface area contributed by atoms with Crippen LogP contribution >= 0.6 is 0 Å². The van der Waals surface area contributed by atoms with Crippen molar-refractivity contribution in [1.82, 2.24) is 15.6 Å². The molecular formula is C15H21N3O2. The molecule has 0 aliphatic carbocycles. The number of ether oxygens (including phenoxy) is 1. The number of aryl methyl sites for hydroxylation is 1. The molecule has 0 radical (unpaired) electrons. The number of amides is 1. The zero-order chi connectivity index (χ0) is 14.0. The smallest absolute Gasteiger partial charge is 0.237 e. The largest absolute Gasteiger partial charge is 0.381 e. The van der Waals surface area contributed by atoms with Crippen molar-refractivity contribution in [2.75, 3.05) is 19.8 Å². The maximum absolute atomic E-state index is 12.1. The fourth-order valence-electron chi connectivity index (χ4n) is 3.20. The van der Waals surface area contributed by atoms with Gasteiger partial charge in [0.2, 0.25) is 5.91 Å². The molecule has 0 saturated carbocycles. The van der Waals surface area contributed by atoms with E-state index in [9.17, 15) is 4.79 Å². The van der Waals surface area contributed by atoms with Crippen molar-refractivity contribution in [3.63, 3.8) is 0 Å². The molecule has 2 N–H and O–H groups in total. The van der Waals surface area contributed by atoms with E-state index < -0.39 is 0 Å². The Kier molecular flexibility index (Phi) is 3.72. The second-order valence-corrected chi connectivity index (χ2v) is 5.83. The average Bonchev–Trinajstić information content (AvgIpc) is 2.74. The molecule has 2 fully saturated rings. The Morgan fingerprint density at radius 2 is 2.30 bits per heavy atom. The van der Waals surface area contributed by atoms with Gasteiger partial charge in [-0.2, -0.15) is 0 Å². The van der Waals surface area contributed by atoms with Crippen molar-refractivity contribution >= 4 is 5.91 Å². The molecule has 2 aliphatic heterocycles. The summed E-state index contributed by atoms with van der Waals surface area (Å²) in [6.45, 7) is 4.93. The standard InChI is InChI=1S/C15H21N3O2/c1-11-2-5-16-12(8-11)9-17-13-14(19)18-10-15(13)3-6-20-7-4-15/h2,5,8,13,17H,3-4,6-7,9-10H2,1H3,(H,18,19). The van der Waals surface area contributed by atoms with Crippen LogP contribution in [0.4, 0.5) is 0 Å². The van der Waals surface area contributed by atoms with E-state index in [0.29, 0.717) is 6.54 Å². The summed E-state index contributed by atoms with van der Waals surface area (Å²) in [6, 6.07) is 3.90. The Balaban J connectivity index is 1.69. The van der Waals surface area contributed by atoms with Gasteiger partial charge in [0.25, 0.3) is 0 Å². The Hall–Kier alpha value is -1.46. The van der Waals surface area contributed by atoms with Crippen LogP contribution in [0.5, 0.6) is 0 Å². The minimum atomic E-state index is -0.131. The minimum Gasteiger partial charge on any atom is -0.381 e. The highest BCUT2D eigenvalue weighted by atomic mass is 16.5. The maximum atomic E-state index is 12.1. The van der Waals surface area contributed by atoms with Crippen LogP contribution in [0.25, 0.3) is 0 Å². The molecule has 1 unspecified atom stereocenters. The molecule has 1 amide bonds. The fraction of sp³-hybridized carbons (Fsp3) is 0.600. The summed E-state index contributed by atoms with van der Waals surface area (Å²) in [5, 5.41) is 6.41. The molecule has 2 saturated heterocycles. The first-order valence-electron chi connectivity index (χ1n) is 7.20. The number of carbonyl (C=O) groups excluding carboxylic acids is 1. The van der Waals surface area contributed by atoms with Gasteiger partial charge in [-0.25, -0.2) is 0 Å². The molecule has 0 bridgehead atoms. The lowest BCUT2D eigenvalue weighted by Gasteiger charge is -2.36. The first kappa shape index (κ1) is 13.5. The van der Waals surface area contributed by atoms with Gasteiger partial charge in [0.1, 0.15) is 0 Å². The van der Waals surface area contributed by atoms with Crippen LogP contribution in [-0.2, 0) is 16.1 Å². The molecule has 1 aromatic heterocycles. The topological polar surface area (TPSA) is 63.2 Å². The summed E-state index contributed by atoms with van der Waals surface area (Å²) < 4.78 is 5.44. The van der Waals surface area contributed by atoms with E-state index in [1.165, 1.54) is 5.56 Å². The lowest BCUT2D eigenvalue weighted by atomic mass is 9.76. The molecular weight excluding hydrogens is 254 g/mol. The molecule has 108 valence electrons. The van der Waals surface area contributed by atoms with Gasteiger partial charge in [0.15, 0.2) is 0 Å². The quantitative estimate of drug-likeness (QED) is 0.855. The van der Waals surface area contributed by atoms with Crippen LogP contribution in [0.15, 0.2) is 18.3 Å². The highest BCUT2D eigenvalue weighted by Gasteiger charge is 2.48. The van der Waals surface area contributed by atoms with Crippen LogP contribution in [0.1, 0.15) is 24.1 Å². The number of rotatable bonds is 3. The third kappa shape index (κ3) is 2.55. The van der Waals surface area contributed by atoms with Crippen LogP contribution in [0.3, 0.4) is 0 Å². The van der Waals surface area contributed by atoms with Crippen LogP contribution < -0.4 is 10.6 Å². The molecule has 3 rings (SSSR count). The molecule has 5 nitrogen and oxygen atoms in total. The van der Waals surface area contributed by atoms with Gasteiger partial charge in [-0.3, -0.25) is 15.1 Å². The minimum absolute atomic E-state index is 0.0131. The lowest BCUT2D eigenvalue weighted by molar-refractivity contribution is -0.122. The molecule has 1 aromatic rings. The van der Waals surface area contributed by atoms with Gasteiger partial charge in [-0.05, 0) is 37.5 Å². The first-order valence-corrected chi connectivity index (χ1v) is 7.20. The molecule has 1 spiro atoms. The summed E-state index contributed by atoms with van der Waals surface area (Å²) >= 11 is 0. The van der Waals surface area contributed by atoms with Crippen molar-refractivity contribution < 1.29 is 9.53 Å². The predicted octanol–water partition coefficient (Wildman–Crippen LogP) is 0.775. The molecule has 20 heavy (non-hydrogen) atoms. The van der Waals surface area contributed by atoms with Crippen LogP contribution in [-0.4, -0.2) is 36.7 Å². The highest BCUT2D eigenvalue weighted by Crippen LogP contribution is 2.37. The van der Waals surface area contributed by atoms with Gasteiger partial charge in [-0.15, -0.1) is 0 Å². The number of nitrogens with one attached hydrogen (secondary N) is 2. The number of carbonyl (C=O) groups is 1. The van der Waals surface area contributed by atoms with E-state index in [-0.39, 0.29) is 17.4 Å². The van der Waals surface area contributed by atoms with Crippen molar-refractivity contribution in [2.45, 2.75) is 32.4 Å². The van der Waals surface area contributed by atoms with E-state index >= 15 is 0 Å². The number of aromatic nitrogens is 1. The van der Waals surface area contributed by atoms with E-state index in [1.54, 1.807) is 0 Å². The second kappa shape index (κ2) is 5.50. The van der Waals surface area contributed by atoms with Crippen molar-refractivity contribution in [3.8, 4) is 0 Å². The number of pyridine rings is 1. The highest BCUT2D eigenvalue weighted by molar-refractivity contribution is 5.85. The summed E-state index contributed by atoms with van der Waals surface area (Å²) in [5.41, 5.74) is 2.18. The first-order chi connectivity index (χ1) is 9.70. The number of hydrogen-bond donors (Lipinski definition) is 2. The Labute approximate surface area is 119 Å². The lowest BCUT2D eigenvalue weighted by Crippen LogP contribution is -2.49. The van der Waals surface area contributed by atoms with Crippen molar-refractivity contribution in [1.29, 1.82) is 0 Å². The Morgan fingerprint density at radius 1 is 1.50 bits per heavy atom. The second-order valence-electron chi connectivity index (χ2n) is 5.83. The Bertz CT molecular complexity index is 498. The third-order valence-corrected chi connectivity index (χ3v) is 4.44. The van der Waals surface area contributed by atoms with E-state index in [0.717, 1.165) is 38.3 Å². The van der Waals surface area contributed by atoms with E-state index in [1.807, 2.05) is 19.2 Å². The van der Waals surface area contributed by atoms with Crippen molar-refractivity contribution in [2.24, 2.45) is 5.41 Å². The normalized spacial score (nSPS) is 24.9. The van der Waals surface area contributed by atoms with E-state index in [2.05, 4.69) is 21.7 Å². The summed E-state index contributed by atoms with van der Waals surface area (Å²) in [5.74, 6) is 0.111. The molecule has 0 aromatic carbocycles. The SMILES string of the molecule is Cc1ccnc(CNC2C(=O)NCC23CCOCC3)c1. The zero-order valence-electron chi connectivity index (χ0n) is 11.8. The fourth-order valence-corrected chi connectivity index (χ4v) is 3.20. The zero-order valence-corrected chi connectivity index (χ0v) is 11.8. The van der Waals surface area contributed by atoms with Gasteiger partial charge < -0.3 is 10.1 Å². The van der Waals surface area contributed by atoms with Gasteiger partial charge in [0, 0.05) is 37.9 Å². The Morgan fingerprint density at radius 3 is 3.05 bits per heavy atom. The van der Waals surface area contributed by atoms with Gasteiger partial charge >= 0.3 is 0 Å². The third-order valence-electron chi connectivity index (χ3n) is 4.44. The maximum Gasteiger partial charge on any atom is 0.237 e. The average molecular weight is 275 g/mol. The molecule has 5 heteroatoms. The number of nitrogens with zero attached hydrogens (tertiary/aromatic N) is 1. The number of hydrogen-bond acceptors (Lipinski definition) is 4. The van der Waals surface area contributed by atoms with Gasteiger partial charge in [-0.1, -0.05) is 0 Å². The van der Waals surface area contributed by atoms with E-state index in [4.69, 9.17) is 4.74 Å².